The molecule has 5 nitrogen and oxygen atoms in total. The van der Waals surface area contributed by atoms with Crippen molar-refractivity contribution in [2.45, 2.75) is 32.2 Å². The monoisotopic (exact) mass is 383 g/mol. The number of nitriles is 1. The van der Waals surface area contributed by atoms with Crippen molar-refractivity contribution in [1.29, 1.82) is 5.26 Å². The number of carbonyl (C=O) groups excluding carboxylic acids is 1. The molecule has 0 N–H and O–H groups in total. The fourth-order valence-corrected chi connectivity index (χ4v) is 4.27. The molecule has 2 heterocycles. The Hall–Kier alpha value is -2.36. The maximum Gasteiger partial charge on any atom is 0.241 e. The van der Waals surface area contributed by atoms with E-state index in [0.717, 1.165) is 30.8 Å². The van der Waals surface area contributed by atoms with Crippen LogP contribution in [0.5, 0.6) is 5.75 Å². The first-order valence-corrected chi connectivity index (χ1v) is 10.3. The van der Waals surface area contributed by atoms with Crippen LogP contribution in [0.4, 0.5) is 5.69 Å². The van der Waals surface area contributed by atoms with E-state index in [2.05, 4.69) is 27.8 Å². The van der Waals surface area contributed by atoms with Crippen LogP contribution in [-0.2, 0) is 4.79 Å². The average molecular weight is 384 g/mol. The van der Waals surface area contributed by atoms with Crippen molar-refractivity contribution in [3.63, 3.8) is 0 Å². The summed E-state index contributed by atoms with van der Waals surface area (Å²) in [6.07, 6.45) is 2.51. The molecule has 0 radical (unpaired) electrons. The van der Waals surface area contributed by atoms with E-state index in [0.29, 0.717) is 32.2 Å². The Morgan fingerprint density at radius 1 is 1.37 bits per heavy atom. The van der Waals surface area contributed by atoms with Crippen LogP contribution in [0.2, 0.25) is 0 Å². The van der Waals surface area contributed by atoms with Crippen molar-refractivity contribution >= 4 is 22.9 Å². The van der Waals surface area contributed by atoms with Gasteiger partial charge in [-0.3, -0.25) is 9.69 Å². The first-order chi connectivity index (χ1) is 13.2. The van der Waals surface area contributed by atoms with Gasteiger partial charge in [-0.1, -0.05) is 0 Å². The summed E-state index contributed by atoms with van der Waals surface area (Å²) in [6.45, 7) is 4.26. The normalized spacial score (nSPS) is 16.8. The van der Waals surface area contributed by atoms with Gasteiger partial charge in [-0.25, -0.2) is 0 Å². The van der Waals surface area contributed by atoms with Crippen LogP contribution >= 0.6 is 11.3 Å². The Morgan fingerprint density at radius 2 is 2.19 bits per heavy atom. The molecule has 2 aromatic rings. The van der Waals surface area contributed by atoms with Crippen LogP contribution in [0.15, 0.2) is 41.1 Å². The van der Waals surface area contributed by atoms with Crippen LogP contribution in [0.1, 0.15) is 37.8 Å². The molecule has 1 aliphatic heterocycles. The first kappa shape index (κ1) is 19.4. The van der Waals surface area contributed by atoms with E-state index in [4.69, 9.17) is 10.00 Å². The van der Waals surface area contributed by atoms with Gasteiger partial charge in [0.2, 0.25) is 5.91 Å². The van der Waals surface area contributed by atoms with Gasteiger partial charge < -0.3 is 9.64 Å². The van der Waals surface area contributed by atoms with Gasteiger partial charge in [-0.15, -0.1) is 0 Å². The highest BCUT2D eigenvalue weighted by molar-refractivity contribution is 7.07. The Morgan fingerprint density at radius 3 is 2.85 bits per heavy atom. The predicted octanol–water partition coefficient (Wildman–Crippen LogP) is 4.23. The van der Waals surface area contributed by atoms with Gasteiger partial charge in [0.15, 0.2) is 0 Å². The zero-order valence-electron chi connectivity index (χ0n) is 15.6. The van der Waals surface area contributed by atoms with E-state index < -0.39 is 0 Å². The molecule has 3 rings (SSSR count). The number of amides is 1. The predicted molar refractivity (Wildman–Crippen MR) is 108 cm³/mol. The number of carbonyl (C=O) groups is 1. The second-order valence-electron chi connectivity index (χ2n) is 6.57. The summed E-state index contributed by atoms with van der Waals surface area (Å²) in [4.78, 5) is 17.1. The van der Waals surface area contributed by atoms with Crippen molar-refractivity contribution < 1.29 is 9.53 Å². The van der Waals surface area contributed by atoms with Gasteiger partial charge >= 0.3 is 0 Å². The number of hydrogen-bond donors (Lipinski definition) is 0. The molecule has 0 bridgehead atoms. The number of likely N-dealkylation sites (tertiary alicyclic amines) is 1. The van der Waals surface area contributed by atoms with Crippen molar-refractivity contribution in [1.82, 2.24) is 4.90 Å². The molecular formula is C21H25N3O2S. The minimum atomic E-state index is 0.0385. The molecule has 6 heteroatoms. The summed E-state index contributed by atoms with van der Waals surface area (Å²) < 4.78 is 5.48. The number of rotatable bonds is 8. The molecule has 0 aliphatic carbocycles. The summed E-state index contributed by atoms with van der Waals surface area (Å²) in [5, 5.41) is 13.3. The molecule has 0 unspecified atom stereocenters. The molecule has 0 spiro atoms. The second-order valence-corrected chi connectivity index (χ2v) is 7.35. The quantitative estimate of drug-likeness (QED) is 0.684. The van der Waals surface area contributed by atoms with Gasteiger partial charge in [0.05, 0.1) is 25.6 Å². The molecule has 142 valence electrons. The van der Waals surface area contributed by atoms with Crippen LogP contribution < -0.4 is 9.64 Å². The van der Waals surface area contributed by atoms with Crippen molar-refractivity contribution in [3.8, 4) is 11.8 Å². The van der Waals surface area contributed by atoms with Crippen molar-refractivity contribution in [3.05, 3.63) is 46.7 Å². The fraction of sp³-hybridized carbons (Fsp3) is 0.429. The molecule has 0 saturated carbocycles. The van der Waals surface area contributed by atoms with Gasteiger partial charge in [-0.2, -0.15) is 16.6 Å². The lowest BCUT2D eigenvalue weighted by atomic mass is 10.1. The minimum absolute atomic E-state index is 0.0385. The molecule has 1 atom stereocenters. The van der Waals surface area contributed by atoms with Gasteiger partial charge in [0.1, 0.15) is 5.75 Å². The van der Waals surface area contributed by atoms with E-state index in [1.165, 1.54) is 5.56 Å². The minimum Gasteiger partial charge on any atom is -0.494 e. The summed E-state index contributed by atoms with van der Waals surface area (Å²) in [6, 6.07) is 12.1. The number of hydrogen-bond acceptors (Lipinski definition) is 5. The lowest BCUT2D eigenvalue weighted by molar-refractivity contribution is -0.120. The molecule has 1 amide bonds. The average Bonchev–Trinajstić information content (AvgIpc) is 3.35. The lowest BCUT2D eigenvalue weighted by Gasteiger charge is -2.28. The van der Waals surface area contributed by atoms with Crippen LogP contribution in [0.3, 0.4) is 0 Å². The largest absolute Gasteiger partial charge is 0.494 e. The lowest BCUT2D eigenvalue weighted by Crippen LogP contribution is -2.40. The Kier molecular flexibility index (Phi) is 6.86. The smallest absolute Gasteiger partial charge is 0.241 e. The first-order valence-electron chi connectivity index (χ1n) is 9.39. The van der Waals surface area contributed by atoms with Crippen LogP contribution in [0.25, 0.3) is 0 Å². The van der Waals surface area contributed by atoms with Gasteiger partial charge in [0, 0.05) is 18.3 Å². The molecular weight excluding hydrogens is 358 g/mol. The SMILES string of the molecule is CCOc1ccc(N(CCC#N)C(=O)CN2CCC[C@H]2c2ccsc2)cc1. The van der Waals surface area contributed by atoms with E-state index in [-0.39, 0.29) is 5.91 Å². The van der Waals surface area contributed by atoms with E-state index in [1.807, 2.05) is 31.2 Å². The third kappa shape index (κ3) is 4.88. The number of anilines is 1. The number of thiophene rings is 1. The number of benzene rings is 1. The van der Waals surface area contributed by atoms with E-state index in [9.17, 15) is 4.79 Å². The van der Waals surface area contributed by atoms with E-state index in [1.54, 1.807) is 16.2 Å². The van der Waals surface area contributed by atoms with Crippen molar-refractivity contribution in [2.24, 2.45) is 0 Å². The second kappa shape index (κ2) is 9.54. The van der Waals surface area contributed by atoms with Crippen LogP contribution in [0, 0.1) is 11.3 Å². The standard InChI is InChI=1S/C21H25N3O2S/c1-2-26-19-8-6-18(7-9-19)24(13-4-11-22)21(25)15-23-12-3-5-20(23)17-10-14-27-16-17/h6-10,14,16,20H,2-5,12-13,15H2,1H3/t20-/m0/s1. The van der Waals surface area contributed by atoms with Gasteiger partial charge in [0.25, 0.3) is 0 Å². The highest BCUT2D eigenvalue weighted by atomic mass is 32.1. The fourth-order valence-electron chi connectivity index (χ4n) is 3.57. The highest BCUT2D eigenvalue weighted by Gasteiger charge is 2.29. The maximum absolute atomic E-state index is 13.1. The molecule has 1 aromatic carbocycles. The summed E-state index contributed by atoms with van der Waals surface area (Å²) in [5.41, 5.74) is 2.11. The van der Waals surface area contributed by atoms with Crippen molar-refractivity contribution in [2.75, 3.05) is 31.1 Å². The molecule has 27 heavy (non-hydrogen) atoms. The zero-order valence-corrected chi connectivity index (χ0v) is 16.5. The Labute approximate surface area is 164 Å². The third-order valence-corrected chi connectivity index (χ3v) is 5.54. The number of ether oxygens (including phenoxy) is 1. The molecule has 1 aliphatic rings. The Bertz CT molecular complexity index is 768. The summed E-state index contributed by atoms with van der Waals surface area (Å²) in [5.74, 6) is 0.822. The summed E-state index contributed by atoms with van der Waals surface area (Å²) >= 11 is 1.70. The highest BCUT2D eigenvalue weighted by Crippen LogP contribution is 2.33. The molecule has 1 aromatic heterocycles. The topological polar surface area (TPSA) is 56.6 Å². The number of nitrogens with zero attached hydrogens (tertiary/aromatic N) is 3. The maximum atomic E-state index is 13.1. The Balaban J connectivity index is 1.72. The summed E-state index contributed by atoms with van der Waals surface area (Å²) in [7, 11) is 0. The molecule has 1 saturated heterocycles. The zero-order chi connectivity index (χ0) is 19.1. The molecule has 1 fully saturated rings. The van der Waals surface area contributed by atoms with Gasteiger partial charge in [-0.05, 0) is 73.0 Å². The van der Waals surface area contributed by atoms with E-state index >= 15 is 0 Å². The van der Waals surface area contributed by atoms with Crippen LogP contribution in [-0.4, -0.2) is 37.0 Å². The third-order valence-electron chi connectivity index (χ3n) is 4.84.